The lowest BCUT2D eigenvalue weighted by molar-refractivity contribution is -0.128. The van der Waals surface area contributed by atoms with Crippen molar-refractivity contribution in [3.8, 4) is 5.75 Å². The van der Waals surface area contributed by atoms with Crippen LogP contribution in [0.4, 0.5) is 0 Å². The predicted octanol–water partition coefficient (Wildman–Crippen LogP) is 2.92. The van der Waals surface area contributed by atoms with Crippen LogP contribution in [-0.4, -0.2) is 18.6 Å². The molecule has 0 bridgehead atoms. The highest BCUT2D eigenvalue weighted by Gasteiger charge is 2.36. The first-order valence-corrected chi connectivity index (χ1v) is 7.83. The molecule has 1 aliphatic rings. The predicted molar refractivity (Wildman–Crippen MR) is 84.2 cm³/mol. The monoisotopic (exact) mass is 290 g/mol. The molecular formula is C17H26N2O2. The summed E-state index contributed by atoms with van der Waals surface area (Å²) in [6, 6.07) is 7.84. The third-order valence-electron chi connectivity index (χ3n) is 4.43. The number of carbonyl (C=O) groups excluding carboxylic acids is 1. The topological polar surface area (TPSA) is 64.4 Å². The van der Waals surface area contributed by atoms with Crippen molar-refractivity contribution in [3.05, 3.63) is 29.8 Å². The van der Waals surface area contributed by atoms with E-state index in [2.05, 4.69) is 12.2 Å². The number of ether oxygens (including phenoxy) is 1. The van der Waals surface area contributed by atoms with Crippen molar-refractivity contribution in [1.29, 1.82) is 0 Å². The number of carbonyl (C=O) groups is 1. The van der Waals surface area contributed by atoms with E-state index < -0.39 is 5.54 Å². The Morgan fingerprint density at radius 3 is 2.43 bits per heavy atom. The molecule has 0 heterocycles. The zero-order valence-corrected chi connectivity index (χ0v) is 13.0. The third kappa shape index (κ3) is 3.76. The highest BCUT2D eigenvalue weighted by molar-refractivity contribution is 5.86. The molecule has 4 heteroatoms. The second-order valence-electron chi connectivity index (χ2n) is 5.92. The maximum absolute atomic E-state index is 12.5. The number of methoxy groups -OCH3 is 1. The van der Waals surface area contributed by atoms with E-state index in [0.29, 0.717) is 0 Å². The van der Waals surface area contributed by atoms with Crippen LogP contribution in [0.25, 0.3) is 0 Å². The Balaban J connectivity index is 2.05. The van der Waals surface area contributed by atoms with Gasteiger partial charge in [0.2, 0.25) is 5.91 Å². The molecule has 1 fully saturated rings. The smallest absolute Gasteiger partial charge is 0.240 e. The lowest BCUT2D eigenvalue weighted by Gasteiger charge is -2.33. The first-order valence-electron chi connectivity index (χ1n) is 7.83. The molecule has 21 heavy (non-hydrogen) atoms. The minimum Gasteiger partial charge on any atom is -0.497 e. The van der Waals surface area contributed by atoms with Crippen molar-refractivity contribution in [2.75, 3.05) is 7.11 Å². The van der Waals surface area contributed by atoms with Gasteiger partial charge in [0.15, 0.2) is 0 Å². The fourth-order valence-corrected chi connectivity index (χ4v) is 2.97. The first kappa shape index (κ1) is 15.8. The van der Waals surface area contributed by atoms with E-state index in [1.54, 1.807) is 7.11 Å². The average Bonchev–Trinajstić information content (AvgIpc) is 2.53. The molecular weight excluding hydrogens is 264 g/mol. The Morgan fingerprint density at radius 1 is 1.29 bits per heavy atom. The lowest BCUT2D eigenvalue weighted by Crippen LogP contribution is -2.55. The molecule has 1 atom stereocenters. The van der Waals surface area contributed by atoms with Gasteiger partial charge in [-0.25, -0.2) is 0 Å². The highest BCUT2D eigenvalue weighted by Crippen LogP contribution is 2.28. The van der Waals surface area contributed by atoms with Crippen LogP contribution in [0.15, 0.2) is 24.3 Å². The second kappa shape index (κ2) is 6.94. The van der Waals surface area contributed by atoms with Gasteiger partial charge >= 0.3 is 0 Å². The van der Waals surface area contributed by atoms with Crippen LogP contribution in [0.3, 0.4) is 0 Å². The molecule has 3 N–H and O–H groups in total. The van der Waals surface area contributed by atoms with Crippen molar-refractivity contribution in [3.63, 3.8) is 0 Å². The van der Waals surface area contributed by atoms with Crippen LogP contribution in [0.2, 0.25) is 0 Å². The molecule has 0 saturated heterocycles. The average molecular weight is 290 g/mol. The van der Waals surface area contributed by atoms with Crippen LogP contribution >= 0.6 is 0 Å². The van der Waals surface area contributed by atoms with Crippen molar-refractivity contribution >= 4 is 5.91 Å². The van der Waals surface area contributed by atoms with Crippen LogP contribution < -0.4 is 15.8 Å². The first-order chi connectivity index (χ1) is 10.1. The van der Waals surface area contributed by atoms with Gasteiger partial charge in [0.25, 0.3) is 0 Å². The minimum absolute atomic E-state index is 0.00533. The summed E-state index contributed by atoms with van der Waals surface area (Å²) in [5.41, 5.74) is 6.70. The maximum atomic E-state index is 12.5. The van der Waals surface area contributed by atoms with Gasteiger partial charge in [-0.05, 0) is 37.0 Å². The van der Waals surface area contributed by atoms with Gasteiger partial charge in [0.05, 0.1) is 18.7 Å². The fourth-order valence-electron chi connectivity index (χ4n) is 2.97. The summed E-state index contributed by atoms with van der Waals surface area (Å²) < 4.78 is 5.17. The molecule has 4 nitrogen and oxygen atoms in total. The van der Waals surface area contributed by atoms with Gasteiger partial charge < -0.3 is 15.8 Å². The summed E-state index contributed by atoms with van der Waals surface area (Å²) in [6.45, 7) is 2.07. The molecule has 0 spiro atoms. The van der Waals surface area contributed by atoms with Crippen LogP contribution in [0.1, 0.15) is 57.1 Å². The van der Waals surface area contributed by atoms with Gasteiger partial charge in [0, 0.05) is 0 Å². The van der Waals surface area contributed by atoms with E-state index >= 15 is 0 Å². The highest BCUT2D eigenvalue weighted by atomic mass is 16.5. The number of hydrogen-bond donors (Lipinski definition) is 2. The summed E-state index contributed by atoms with van der Waals surface area (Å²) in [5, 5.41) is 3.13. The SMILES string of the molecule is CCC(NC(=O)C1(N)CCCCC1)c1ccc(OC)cc1. The number of benzene rings is 1. The molecule has 0 aromatic heterocycles. The molecule has 116 valence electrons. The van der Waals surface area contributed by atoms with E-state index in [0.717, 1.165) is 43.4 Å². The maximum Gasteiger partial charge on any atom is 0.240 e. The van der Waals surface area contributed by atoms with Crippen molar-refractivity contribution in [1.82, 2.24) is 5.32 Å². The number of nitrogens with two attached hydrogens (primary N) is 1. The molecule has 1 aromatic carbocycles. The van der Waals surface area contributed by atoms with Crippen molar-refractivity contribution in [2.24, 2.45) is 5.73 Å². The molecule has 1 amide bonds. The summed E-state index contributed by atoms with van der Waals surface area (Å²) >= 11 is 0. The number of hydrogen-bond acceptors (Lipinski definition) is 3. The van der Waals surface area contributed by atoms with E-state index in [-0.39, 0.29) is 11.9 Å². The Morgan fingerprint density at radius 2 is 1.90 bits per heavy atom. The van der Waals surface area contributed by atoms with Crippen molar-refractivity contribution < 1.29 is 9.53 Å². The standard InChI is InChI=1S/C17H26N2O2/c1-3-15(13-7-9-14(21-2)10-8-13)19-16(20)17(18)11-5-4-6-12-17/h7-10,15H,3-6,11-12,18H2,1-2H3,(H,19,20). The Hall–Kier alpha value is -1.55. The second-order valence-corrected chi connectivity index (χ2v) is 5.92. The molecule has 1 aliphatic carbocycles. The number of rotatable bonds is 5. The van der Waals surface area contributed by atoms with E-state index in [1.165, 1.54) is 6.42 Å². The van der Waals surface area contributed by atoms with Gasteiger partial charge in [-0.2, -0.15) is 0 Å². The molecule has 1 unspecified atom stereocenters. The molecule has 0 aliphatic heterocycles. The fraction of sp³-hybridized carbons (Fsp3) is 0.588. The van der Waals surface area contributed by atoms with E-state index in [9.17, 15) is 4.79 Å². The van der Waals surface area contributed by atoms with E-state index in [1.807, 2.05) is 24.3 Å². The number of nitrogens with one attached hydrogen (secondary N) is 1. The van der Waals surface area contributed by atoms with Gasteiger partial charge in [-0.15, -0.1) is 0 Å². The summed E-state index contributed by atoms with van der Waals surface area (Å²) in [5.74, 6) is 0.812. The summed E-state index contributed by atoms with van der Waals surface area (Å²) in [7, 11) is 1.65. The molecule has 2 rings (SSSR count). The Kier molecular flexibility index (Phi) is 5.23. The minimum atomic E-state index is -0.682. The molecule has 0 radical (unpaired) electrons. The Bertz CT molecular complexity index is 464. The summed E-state index contributed by atoms with van der Waals surface area (Å²) in [6.07, 6.45) is 5.69. The van der Waals surface area contributed by atoms with Crippen molar-refractivity contribution in [2.45, 2.75) is 57.0 Å². The zero-order valence-electron chi connectivity index (χ0n) is 13.0. The van der Waals surface area contributed by atoms with E-state index in [4.69, 9.17) is 10.5 Å². The largest absolute Gasteiger partial charge is 0.497 e. The van der Waals surface area contributed by atoms with Crippen LogP contribution in [0.5, 0.6) is 5.75 Å². The lowest BCUT2D eigenvalue weighted by atomic mass is 9.81. The Labute approximate surface area is 127 Å². The molecule has 1 saturated carbocycles. The molecule has 1 aromatic rings. The van der Waals surface area contributed by atoms with Gasteiger partial charge in [-0.3, -0.25) is 4.79 Å². The van der Waals surface area contributed by atoms with Crippen LogP contribution in [-0.2, 0) is 4.79 Å². The third-order valence-corrected chi connectivity index (χ3v) is 4.43. The normalized spacial score (nSPS) is 18.8. The quantitative estimate of drug-likeness (QED) is 0.876. The van der Waals surface area contributed by atoms with Gasteiger partial charge in [-0.1, -0.05) is 38.3 Å². The van der Waals surface area contributed by atoms with Crippen LogP contribution in [0, 0.1) is 0 Å². The number of amides is 1. The zero-order chi connectivity index (χ0) is 15.3. The van der Waals surface area contributed by atoms with Gasteiger partial charge in [0.1, 0.15) is 5.75 Å². The summed E-state index contributed by atoms with van der Waals surface area (Å²) in [4.78, 5) is 12.5.